The number of carboxylic acid groups (broad SMARTS) is 1. The minimum absolute atomic E-state index is 0.334. The number of thiophene rings is 1. The molecule has 2 atom stereocenters. The summed E-state index contributed by atoms with van der Waals surface area (Å²) in [7, 11) is 0. The highest BCUT2D eigenvalue weighted by Gasteiger charge is 2.28. The van der Waals surface area contributed by atoms with Crippen molar-refractivity contribution < 1.29 is 14.7 Å². The van der Waals surface area contributed by atoms with Crippen LogP contribution in [0.2, 0.25) is 0 Å². The van der Waals surface area contributed by atoms with Gasteiger partial charge in [-0.25, -0.2) is 4.79 Å². The van der Waals surface area contributed by atoms with E-state index in [1.165, 1.54) is 11.3 Å². The summed E-state index contributed by atoms with van der Waals surface area (Å²) in [5, 5.41) is 13.2. The van der Waals surface area contributed by atoms with Crippen LogP contribution in [0.3, 0.4) is 0 Å². The molecule has 2 aromatic carbocycles. The zero-order chi connectivity index (χ0) is 18.0. The van der Waals surface area contributed by atoms with E-state index in [1.807, 2.05) is 68.4 Å². The van der Waals surface area contributed by atoms with Crippen LogP contribution < -0.4 is 5.32 Å². The summed E-state index contributed by atoms with van der Waals surface area (Å²) in [4.78, 5) is 24.8. The highest BCUT2D eigenvalue weighted by molar-refractivity contribution is 7.20. The topological polar surface area (TPSA) is 66.4 Å². The quantitative estimate of drug-likeness (QED) is 0.722. The molecule has 0 spiro atoms. The van der Waals surface area contributed by atoms with Gasteiger partial charge in [0.2, 0.25) is 0 Å². The third-order valence-corrected chi connectivity index (χ3v) is 5.39. The molecule has 0 bridgehead atoms. The summed E-state index contributed by atoms with van der Waals surface area (Å²) in [5.74, 6) is -1.73. The molecule has 3 aromatic rings. The predicted molar refractivity (Wildman–Crippen MR) is 100 cm³/mol. The lowest BCUT2D eigenvalue weighted by Gasteiger charge is -2.21. The van der Waals surface area contributed by atoms with Gasteiger partial charge in [-0.2, -0.15) is 0 Å². The van der Waals surface area contributed by atoms with Crippen molar-refractivity contribution in [2.75, 3.05) is 0 Å². The summed E-state index contributed by atoms with van der Waals surface area (Å²) < 4.78 is 1.01. The molecular weight excluding hydrogens is 334 g/mol. The first kappa shape index (κ1) is 17.2. The Morgan fingerprint density at radius 3 is 2.48 bits per heavy atom. The second kappa shape index (κ2) is 7.07. The van der Waals surface area contributed by atoms with Gasteiger partial charge in [-0.3, -0.25) is 4.79 Å². The Hall–Kier alpha value is -2.66. The minimum Gasteiger partial charge on any atom is -0.480 e. The molecule has 0 saturated heterocycles. The van der Waals surface area contributed by atoms with Crippen LogP contribution in [-0.2, 0) is 4.79 Å². The zero-order valence-corrected chi connectivity index (χ0v) is 14.8. The molecule has 0 aliphatic carbocycles. The van der Waals surface area contributed by atoms with Crippen LogP contribution in [0.5, 0.6) is 0 Å². The number of carboxylic acids is 1. The number of rotatable bonds is 5. The van der Waals surface area contributed by atoms with Gasteiger partial charge < -0.3 is 10.4 Å². The standard InChI is InChI=1S/C20H19NO3S/c1-12-8-9-16-15(10-12)11-17(25-16)19(22)21-18(20(23)24)13(2)14-6-4-3-5-7-14/h3-11,13,18H,1-2H3,(H,21,22)(H,23,24). The number of amides is 1. The summed E-state index contributed by atoms with van der Waals surface area (Å²) >= 11 is 1.37. The number of fused-ring (bicyclic) bond motifs is 1. The van der Waals surface area contributed by atoms with Crippen molar-refractivity contribution in [2.24, 2.45) is 0 Å². The number of carbonyl (C=O) groups excluding carboxylic acids is 1. The largest absolute Gasteiger partial charge is 0.480 e. The SMILES string of the molecule is Cc1ccc2sc(C(=O)NC(C(=O)O)C(C)c3ccccc3)cc2c1. The van der Waals surface area contributed by atoms with Gasteiger partial charge in [0.15, 0.2) is 0 Å². The average molecular weight is 353 g/mol. The van der Waals surface area contributed by atoms with Gasteiger partial charge in [0.05, 0.1) is 4.88 Å². The van der Waals surface area contributed by atoms with E-state index in [2.05, 4.69) is 5.32 Å². The van der Waals surface area contributed by atoms with Crippen LogP contribution in [0.4, 0.5) is 0 Å². The van der Waals surface area contributed by atoms with Gasteiger partial charge in [0.25, 0.3) is 5.91 Å². The van der Waals surface area contributed by atoms with E-state index >= 15 is 0 Å². The number of aryl methyl sites for hydroxylation is 1. The molecule has 0 aliphatic heterocycles. The number of aliphatic carboxylic acids is 1. The number of hydrogen-bond acceptors (Lipinski definition) is 3. The second-order valence-electron chi connectivity index (χ2n) is 6.14. The molecule has 0 fully saturated rings. The van der Waals surface area contributed by atoms with Gasteiger partial charge >= 0.3 is 5.97 Å². The van der Waals surface area contributed by atoms with Crippen LogP contribution in [0, 0.1) is 6.92 Å². The fourth-order valence-corrected chi connectivity index (χ4v) is 3.78. The molecular formula is C20H19NO3S. The van der Waals surface area contributed by atoms with Gasteiger partial charge in [0, 0.05) is 10.6 Å². The van der Waals surface area contributed by atoms with Crippen molar-refractivity contribution in [3.05, 3.63) is 70.6 Å². The Balaban J connectivity index is 1.83. The van der Waals surface area contributed by atoms with Crippen LogP contribution in [0.25, 0.3) is 10.1 Å². The van der Waals surface area contributed by atoms with E-state index in [4.69, 9.17) is 0 Å². The van der Waals surface area contributed by atoms with E-state index in [0.717, 1.165) is 21.2 Å². The van der Waals surface area contributed by atoms with E-state index in [9.17, 15) is 14.7 Å². The maximum Gasteiger partial charge on any atom is 0.326 e. The van der Waals surface area contributed by atoms with Crippen LogP contribution in [0.15, 0.2) is 54.6 Å². The van der Waals surface area contributed by atoms with E-state index in [1.54, 1.807) is 0 Å². The lowest BCUT2D eigenvalue weighted by molar-refractivity contribution is -0.139. The first-order chi connectivity index (χ1) is 12.0. The van der Waals surface area contributed by atoms with Crippen LogP contribution in [0.1, 0.15) is 33.6 Å². The van der Waals surface area contributed by atoms with E-state index in [-0.39, 0.29) is 11.8 Å². The van der Waals surface area contributed by atoms with Crippen molar-refractivity contribution in [1.82, 2.24) is 5.32 Å². The van der Waals surface area contributed by atoms with Crippen molar-refractivity contribution >= 4 is 33.3 Å². The zero-order valence-electron chi connectivity index (χ0n) is 14.0. The lowest BCUT2D eigenvalue weighted by atomic mass is 9.93. The van der Waals surface area contributed by atoms with Gasteiger partial charge in [-0.15, -0.1) is 11.3 Å². The Morgan fingerprint density at radius 1 is 1.08 bits per heavy atom. The fourth-order valence-electron chi connectivity index (χ4n) is 2.84. The molecule has 128 valence electrons. The lowest BCUT2D eigenvalue weighted by Crippen LogP contribution is -2.44. The average Bonchev–Trinajstić information content (AvgIpc) is 3.02. The normalized spacial score (nSPS) is 13.4. The molecule has 1 heterocycles. The van der Waals surface area contributed by atoms with Crippen molar-refractivity contribution in [2.45, 2.75) is 25.8 Å². The van der Waals surface area contributed by atoms with Gasteiger partial charge in [-0.05, 0) is 30.0 Å². The molecule has 0 aliphatic rings. The van der Waals surface area contributed by atoms with Crippen molar-refractivity contribution in [1.29, 1.82) is 0 Å². The molecule has 1 amide bonds. The third kappa shape index (κ3) is 3.72. The highest BCUT2D eigenvalue weighted by atomic mass is 32.1. The molecule has 2 N–H and O–H groups in total. The third-order valence-electron chi connectivity index (χ3n) is 4.27. The van der Waals surface area contributed by atoms with Crippen LogP contribution >= 0.6 is 11.3 Å². The van der Waals surface area contributed by atoms with Gasteiger partial charge in [-0.1, -0.05) is 55.0 Å². The predicted octanol–water partition coefficient (Wildman–Crippen LogP) is 4.20. The highest BCUT2D eigenvalue weighted by Crippen LogP contribution is 2.27. The molecule has 2 unspecified atom stereocenters. The molecule has 25 heavy (non-hydrogen) atoms. The first-order valence-corrected chi connectivity index (χ1v) is 8.86. The molecule has 1 aromatic heterocycles. The fraction of sp³-hybridized carbons (Fsp3) is 0.200. The second-order valence-corrected chi connectivity index (χ2v) is 7.22. The first-order valence-electron chi connectivity index (χ1n) is 8.04. The Morgan fingerprint density at radius 2 is 1.80 bits per heavy atom. The summed E-state index contributed by atoms with van der Waals surface area (Å²) in [6, 6.07) is 16.2. The Labute approximate surface area is 150 Å². The molecule has 0 radical (unpaired) electrons. The Bertz CT molecular complexity index is 917. The molecule has 5 heteroatoms. The van der Waals surface area contributed by atoms with Crippen molar-refractivity contribution in [3.8, 4) is 0 Å². The number of benzene rings is 2. The monoisotopic (exact) mass is 353 g/mol. The summed E-state index contributed by atoms with van der Waals surface area (Å²) in [5.41, 5.74) is 2.00. The molecule has 3 rings (SSSR count). The summed E-state index contributed by atoms with van der Waals surface area (Å²) in [6.45, 7) is 3.81. The maximum absolute atomic E-state index is 12.6. The van der Waals surface area contributed by atoms with Crippen molar-refractivity contribution in [3.63, 3.8) is 0 Å². The summed E-state index contributed by atoms with van der Waals surface area (Å²) in [6.07, 6.45) is 0. The molecule has 0 saturated carbocycles. The molecule has 4 nitrogen and oxygen atoms in total. The van der Waals surface area contributed by atoms with E-state index in [0.29, 0.717) is 4.88 Å². The number of hydrogen-bond donors (Lipinski definition) is 2. The van der Waals surface area contributed by atoms with Crippen LogP contribution in [-0.4, -0.2) is 23.0 Å². The number of carbonyl (C=O) groups is 2. The maximum atomic E-state index is 12.6. The van der Waals surface area contributed by atoms with E-state index < -0.39 is 12.0 Å². The minimum atomic E-state index is -1.04. The Kier molecular flexibility index (Phi) is 4.86. The number of nitrogens with one attached hydrogen (secondary N) is 1. The smallest absolute Gasteiger partial charge is 0.326 e. The van der Waals surface area contributed by atoms with Gasteiger partial charge in [0.1, 0.15) is 6.04 Å².